The number of hydrogen-bond donors (Lipinski definition) is 7. The second-order valence-corrected chi connectivity index (χ2v) is 10.1. The van der Waals surface area contributed by atoms with Crippen LogP contribution in [0.25, 0.3) is 0 Å². The Morgan fingerprint density at radius 1 is 1.00 bits per heavy atom. The number of aromatic nitrogens is 1. The lowest BCUT2D eigenvalue weighted by molar-refractivity contribution is -0.136. The zero-order chi connectivity index (χ0) is 34.2. The molecule has 1 aromatic carbocycles. The van der Waals surface area contributed by atoms with Gasteiger partial charge in [-0.15, -0.1) is 0 Å². The van der Waals surface area contributed by atoms with Crippen LogP contribution in [-0.4, -0.2) is 81.8 Å². The number of ether oxygens (including phenoxy) is 1. The first kappa shape index (κ1) is 36.5. The third-order valence-corrected chi connectivity index (χ3v) is 6.19. The zero-order valence-electron chi connectivity index (χ0n) is 25.6. The number of hydrazine groups is 1. The van der Waals surface area contributed by atoms with Crippen LogP contribution in [0, 0.1) is 0 Å². The molecule has 0 saturated heterocycles. The summed E-state index contributed by atoms with van der Waals surface area (Å²) in [6.07, 6.45) is 0.271. The normalized spacial score (nSPS) is 11.6. The van der Waals surface area contributed by atoms with Gasteiger partial charge in [0.05, 0.1) is 12.1 Å². The largest absolute Gasteiger partial charge is 0.506 e. The Balaban J connectivity index is 1.86. The summed E-state index contributed by atoms with van der Waals surface area (Å²) in [5.74, 6) is -3.05. The molecule has 248 valence electrons. The van der Waals surface area contributed by atoms with Gasteiger partial charge in [0.2, 0.25) is 29.5 Å². The van der Waals surface area contributed by atoms with Gasteiger partial charge < -0.3 is 36.4 Å². The molecule has 0 saturated carbocycles. The number of nitrogens with two attached hydrogens (primary N) is 1. The van der Waals surface area contributed by atoms with E-state index in [2.05, 4.69) is 36.5 Å². The van der Waals surface area contributed by atoms with Gasteiger partial charge in [0.25, 0.3) is 5.91 Å². The van der Waals surface area contributed by atoms with Gasteiger partial charge >= 0.3 is 6.16 Å². The highest BCUT2D eigenvalue weighted by atomic mass is 16.7. The monoisotopic (exact) mass is 642 g/mol. The highest BCUT2D eigenvalue weighted by molar-refractivity contribution is 5.99. The maximum Gasteiger partial charge on any atom is 0.506 e. The van der Waals surface area contributed by atoms with Gasteiger partial charge in [0.15, 0.2) is 0 Å². The number of anilines is 2. The van der Waals surface area contributed by atoms with Gasteiger partial charge in [-0.1, -0.05) is 19.1 Å². The fourth-order valence-electron chi connectivity index (χ4n) is 3.96. The number of nitrogens with one attached hydrogen (secondary N) is 5. The molecule has 0 aliphatic heterocycles. The van der Waals surface area contributed by atoms with Crippen LogP contribution in [0.4, 0.5) is 16.3 Å². The average molecular weight is 643 g/mol. The topological polar surface area (TPSA) is 251 Å². The molecule has 2 rings (SSSR count). The Labute approximate surface area is 264 Å². The lowest BCUT2D eigenvalue weighted by Crippen LogP contribution is -2.49. The van der Waals surface area contributed by atoms with E-state index >= 15 is 0 Å². The van der Waals surface area contributed by atoms with Crippen LogP contribution >= 0.6 is 0 Å². The molecule has 0 spiro atoms. The SMILES string of the molecule is CCCN(CC(=O)Nc1ccc(COC(=O)O)cc1)C(=O)[C@@H](C)NC(=O)c1ccc(NNC(=O)CC[C@H](NC(C)=O)C(N)=O)nc1. The van der Waals surface area contributed by atoms with Crippen LogP contribution in [0.2, 0.25) is 0 Å². The van der Waals surface area contributed by atoms with Gasteiger partial charge in [-0.05, 0) is 49.6 Å². The van der Waals surface area contributed by atoms with Crippen molar-refractivity contribution >= 4 is 53.1 Å². The first-order valence-electron chi connectivity index (χ1n) is 14.2. The minimum atomic E-state index is -1.40. The maximum atomic E-state index is 13.1. The Bertz CT molecular complexity index is 1400. The van der Waals surface area contributed by atoms with Gasteiger partial charge in [-0.25, -0.2) is 9.78 Å². The first-order valence-corrected chi connectivity index (χ1v) is 14.2. The van der Waals surface area contributed by atoms with Crippen LogP contribution in [0.5, 0.6) is 0 Å². The molecule has 1 aromatic heterocycles. The van der Waals surface area contributed by atoms with Crippen LogP contribution in [-0.2, 0) is 35.3 Å². The fourth-order valence-corrected chi connectivity index (χ4v) is 3.96. The van der Waals surface area contributed by atoms with Crippen molar-refractivity contribution in [3.8, 4) is 0 Å². The number of hydrogen-bond acceptors (Lipinski definition) is 10. The van der Waals surface area contributed by atoms with Gasteiger partial charge in [0.1, 0.15) is 24.5 Å². The molecule has 17 nitrogen and oxygen atoms in total. The van der Waals surface area contributed by atoms with E-state index in [1.165, 1.54) is 37.1 Å². The minimum Gasteiger partial charge on any atom is -0.450 e. The molecule has 0 bridgehead atoms. The van der Waals surface area contributed by atoms with E-state index in [-0.39, 0.29) is 43.9 Å². The number of carbonyl (C=O) groups is 7. The number of pyridine rings is 1. The summed E-state index contributed by atoms with van der Waals surface area (Å²) in [5.41, 5.74) is 11.3. The van der Waals surface area contributed by atoms with Crippen molar-refractivity contribution in [1.29, 1.82) is 0 Å². The summed E-state index contributed by atoms with van der Waals surface area (Å²) in [4.78, 5) is 89.1. The minimum absolute atomic E-state index is 0.00617. The van der Waals surface area contributed by atoms with E-state index in [4.69, 9.17) is 10.8 Å². The standard InChI is InChI=1S/C29H38N8O9/c1-4-13-37(15-25(40)34-21-8-5-19(6-9-21)16-46-29(44)45)28(43)17(2)32-27(42)20-7-11-23(31-14-20)35-36-24(39)12-10-22(26(30)41)33-18(3)38/h5-9,11,14,17,22H,4,10,12-13,15-16H2,1-3H3,(H2,30,41)(H,31,35)(H,32,42)(H,33,38)(H,34,40)(H,36,39)(H,44,45)/t17-,22+/m1/s1. The molecule has 6 amide bonds. The summed E-state index contributed by atoms with van der Waals surface area (Å²) in [6, 6.07) is 7.23. The van der Waals surface area contributed by atoms with Crippen molar-refractivity contribution in [3.63, 3.8) is 0 Å². The van der Waals surface area contributed by atoms with Crippen LogP contribution < -0.4 is 32.5 Å². The summed E-state index contributed by atoms with van der Waals surface area (Å²) in [7, 11) is 0. The highest BCUT2D eigenvalue weighted by Crippen LogP contribution is 2.11. The number of primary amides is 1. The maximum absolute atomic E-state index is 13.1. The molecular formula is C29H38N8O9. The second-order valence-electron chi connectivity index (χ2n) is 10.1. The van der Waals surface area contributed by atoms with Crippen molar-refractivity contribution in [1.82, 2.24) is 25.9 Å². The van der Waals surface area contributed by atoms with E-state index in [0.717, 1.165) is 0 Å². The lowest BCUT2D eigenvalue weighted by Gasteiger charge is -2.25. The molecule has 0 unspecified atom stereocenters. The van der Waals surface area contributed by atoms with Gasteiger partial charge in [-0.3, -0.25) is 39.6 Å². The van der Waals surface area contributed by atoms with Crippen molar-refractivity contribution < 1.29 is 43.4 Å². The number of carbonyl (C=O) groups excluding carboxylic acids is 6. The highest BCUT2D eigenvalue weighted by Gasteiger charge is 2.24. The molecule has 0 aliphatic rings. The van der Waals surface area contributed by atoms with Crippen molar-refractivity contribution in [2.45, 2.75) is 58.7 Å². The Morgan fingerprint density at radius 2 is 1.70 bits per heavy atom. The van der Waals surface area contributed by atoms with Crippen molar-refractivity contribution in [2.75, 3.05) is 23.8 Å². The van der Waals surface area contributed by atoms with Crippen LogP contribution in [0.15, 0.2) is 42.6 Å². The number of amides is 6. The predicted octanol–water partition coefficient (Wildman–Crippen LogP) is 0.485. The van der Waals surface area contributed by atoms with Gasteiger partial charge in [0, 0.05) is 31.8 Å². The summed E-state index contributed by atoms with van der Waals surface area (Å²) in [5, 5.41) is 16.2. The number of nitrogens with zero attached hydrogens (tertiary/aromatic N) is 2. The summed E-state index contributed by atoms with van der Waals surface area (Å²) < 4.78 is 4.50. The molecule has 8 N–H and O–H groups in total. The predicted molar refractivity (Wildman–Crippen MR) is 164 cm³/mol. The van der Waals surface area contributed by atoms with Crippen molar-refractivity contribution in [3.05, 3.63) is 53.7 Å². The molecule has 2 atom stereocenters. The summed E-state index contributed by atoms with van der Waals surface area (Å²) >= 11 is 0. The number of benzene rings is 1. The third kappa shape index (κ3) is 12.9. The molecule has 2 aromatic rings. The summed E-state index contributed by atoms with van der Waals surface area (Å²) in [6.45, 7) is 4.43. The van der Waals surface area contributed by atoms with E-state index in [9.17, 15) is 33.6 Å². The molecular weight excluding hydrogens is 604 g/mol. The average Bonchev–Trinajstić information content (AvgIpc) is 3.00. The quantitative estimate of drug-likeness (QED) is 0.0923. The van der Waals surface area contributed by atoms with Crippen LogP contribution in [0.3, 0.4) is 0 Å². The fraction of sp³-hybridized carbons (Fsp3) is 0.379. The lowest BCUT2D eigenvalue weighted by atomic mass is 10.1. The molecule has 0 aliphatic carbocycles. The molecule has 0 fully saturated rings. The second kappa shape index (κ2) is 18.2. The Kier molecular flexibility index (Phi) is 14.4. The van der Waals surface area contributed by atoms with Crippen LogP contribution in [0.1, 0.15) is 56.0 Å². The number of carboxylic acid groups (broad SMARTS) is 1. The van der Waals surface area contributed by atoms with E-state index in [1.54, 1.807) is 24.3 Å². The zero-order valence-corrected chi connectivity index (χ0v) is 25.6. The van der Waals surface area contributed by atoms with Gasteiger partial charge in [-0.2, -0.15) is 0 Å². The first-order chi connectivity index (χ1) is 21.8. The molecule has 0 radical (unpaired) electrons. The smallest absolute Gasteiger partial charge is 0.450 e. The molecule has 46 heavy (non-hydrogen) atoms. The molecule has 17 heteroatoms. The Morgan fingerprint density at radius 3 is 2.26 bits per heavy atom. The van der Waals surface area contributed by atoms with Crippen molar-refractivity contribution in [2.24, 2.45) is 5.73 Å². The van der Waals surface area contributed by atoms with E-state index < -0.39 is 53.7 Å². The van der Waals surface area contributed by atoms with E-state index in [1.807, 2.05) is 6.92 Å². The number of rotatable bonds is 17. The molecule has 1 heterocycles. The third-order valence-electron chi connectivity index (χ3n) is 6.19. The Hall–Kier alpha value is -5.74. The van der Waals surface area contributed by atoms with E-state index in [0.29, 0.717) is 17.7 Å².